The van der Waals surface area contributed by atoms with Crippen molar-refractivity contribution >= 4 is 34.2 Å². The smallest absolute Gasteiger partial charge is 0.290 e. The summed E-state index contributed by atoms with van der Waals surface area (Å²) in [6.45, 7) is 4.59. The second-order valence-electron chi connectivity index (χ2n) is 6.47. The van der Waals surface area contributed by atoms with Gasteiger partial charge in [-0.2, -0.15) is 0 Å². The van der Waals surface area contributed by atoms with Crippen molar-refractivity contribution in [2.24, 2.45) is 0 Å². The van der Waals surface area contributed by atoms with Crippen LogP contribution in [0.5, 0.6) is 5.75 Å². The first-order chi connectivity index (χ1) is 12.5. The Balaban J connectivity index is 1.51. The van der Waals surface area contributed by atoms with Gasteiger partial charge in [-0.3, -0.25) is 4.79 Å². The quantitative estimate of drug-likeness (QED) is 0.739. The summed E-state index contributed by atoms with van der Waals surface area (Å²) in [7, 11) is 0. The lowest BCUT2D eigenvalue weighted by Gasteiger charge is -2.35. The van der Waals surface area contributed by atoms with Crippen molar-refractivity contribution in [3.63, 3.8) is 0 Å². The van der Waals surface area contributed by atoms with E-state index < -0.39 is 0 Å². The Morgan fingerprint density at radius 3 is 2.42 bits per heavy atom. The van der Waals surface area contributed by atoms with Crippen molar-refractivity contribution in [1.29, 1.82) is 0 Å². The molecule has 0 spiro atoms. The molecule has 2 aromatic carbocycles. The fraction of sp³-hybridized carbons (Fsp3) is 0.250. The summed E-state index contributed by atoms with van der Waals surface area (Å²) >= 11 is 6.19. The average molecular weight is 371 g/mol. The molecule has 0 saturated carbocycles. The van der Waals surface area contributed by atoms with E-state index >= 15 is 0 Å². The number of nitrogens with zero attached hydrogens (tertiary/aromatic N) is 2. The lowest BCUT2D eigenvalue weighted by Crippen LogP contribution is -2.48. The largest absolute Gasteiger partial charge is 0.508 e. The first kappa shape index (κ1) is 16.8. The van der Waals surface area contributed by atoms with E-state index in [-0.39, 0.29) is 11.7 Å². The van der Waals surface area contributed by atoms with E-state index in [4.69, 9.17) is 16.0 Å². The van der Waals surface area contributed by atoms with Crippen molar-refractivity contribution in [2.45, 2.75) is 6.92 Å². The number of rotatable bonds is 2. The number of aryl methyl sites for hydroxylation is 1. The van der Waals surface area contributed by atoms with E-state index in [1.807, 2.05) is 36.1 Å². The number of para-hydroxylation sites is 1. The fourth-order valence-electron chi connectivity index (χ4n) is 3.39. The van der Waals surface area contributed by atoms with Gasteiger partial charge in [0.15, 0.2) is 11.3 Å². The minimum atomic E-state index is -0.0971. The zero-order chi connectivity index (χ0) is 18.3. The molecule has 6 heteroatoms. The molecule has 1 saturated heterocycles. The Morgan fingerprint density at radius 1 is 1.08 bits per heavy atom. The van der Waals surface area contributed by atoms with Gasteiger partial charge in [0.2, 0.25) is 0 Å². The Morgan fingerprint density at radius 2 is 1.77 bits per heavy atom. The molecule has 26 heavy (non-hydrogen) atoms. The maximum absolute atomic E-state index is 12.9. The van der Waals surface area contributed by atoms with Gasteiger partial charge in [0.05, 0.1) is 5.02 Å². The standard InChI is InChI=1S/C20H19ClN2O3/c1-13-16-3-2-4-17(21)19(16)26-18(13)20(25)23-11-9-22(10-12-23)14-5-7-15(24)8-6-14/h2-8,24H,9-12H2,1H3. The number of amides is 1. The molecule has 0 atom stereocenters. The van der Waals surface area contributed by atoms with Crippen molar-refractivity contribution in [3.05, 3.63) is 58.8 Å². The predicted molar refractivity (Wildman–Crippen MR) is 102 cm³/mol. The summed E-state index contributed by atoms with van der Waals surface area (Å²) in [6.07, 6.45) is 0. The SMILES string of the molecule is Cc1c(C(=O)N2CCN(c3ccc(O)cc3)CC2)oc2c(Cl)cccc12. The van der Waals surface area contributed by atoms with E-state index in [1.165, 1.54) is 0 Å². The monoisotopic (exact) mass is 370 g/mol. The van der Waals surface area contributed by atoms with Crippen molar-refractivity contribution in [3.8, 4) is 5.75 Å². The van der Waals surface area contributed by atoms with Gasteiger partial charge in [-0.25, -0.2) is 0 Å². The number of anilines is 1. The molecule has 1 aliphatic heterocycles. The van der Waals surface area contributed by atoms with Gasteiger partial charge < -0.3 is 19.3 Å². The highest BCUT2D eigenvalue weighted by molar-refractivity contribution is 6.35. The van der Waals surface area contributed by atoms with Crippen LogP contribution >= 0.6 is 11.6 Å². The van der Waals surface area contributed by atoms with E-state index in [0.717, 1.165) is 29.7 Å². The molecule has 1 aromatic heterocycles. The number of aromatic hydroxyl groups is 1. The third-order valence-corrected chi connectivity index (χ3v) is 5.19. The predicted octanol–water partition coefficient (Wildman–Crippen LogP) is 4.06. The second kappa shape index (κ2) is 6.57. The second-order valence-corrected chi connectivity index (χ2v) is 6.88. The maximum Gasteiger partial charge on any atom is 0.290 e. The number of phenols is 1. The molecule has 1 fully saturated rings. The number of hydrogen-bond donors (Lipinski definition) is 1. The average Bonchev–Trinajstić information content (AvgIpc) is 3.00. The molecule has 0 radical (unpaired) electrons. The van der Waals surface area contributed by atoms with Crippen LogP contribution in [0.1, 0.15) is 16.1 Å². The van der Waals surface area contributed by atoms with Crippen LogP contribution in [0, 0.1) is 6.92 Å². The Hall–Kier alpha value is -2.66. The van der Waals surface area contributed by atoms with Crippen molar-refractivity contribution in [2.75, 3.05) is 31.1 Å². The van der Waals surface area contributed by atoms with Gasteiger partial charge >= 0.3 is 0 Å². The van der Waals surface area contributed by atoms with Crippen LogP contribution in [0.4, 0.5) is 5.69 Å². The molecule has 3 aromatic rings. The van der Waals surface area contributed by atoms with Crippen LogP contribution in [0.25, 0.3) is 11.0 Å². The van der Waals surface area contributed by atoms with Crippen LogP contribution in [-0.2, 0) is 0 Å². The van der Waals surface area contributed by atoms with Crippen LogP contribution in [-0.4, -0.2) is 42.1 Å². The van der Waals surface area contributed by atoms with Crippen LogP contribution in [0.15, 0.2) is 46.9 Å². The molecule has 0 aliphatic carbocycles. The van der Waals surface area contributed by atoms with E-state index in [1.54, 1.807) is 18.2 Å². The molecular formula is C20H19ClN2O3. The summed E-state index contributed by atoms with van der Waals surface area (Å²) in [5.41, 5.74) is 2.44. The molecule has 0 bridgehead atoms. The normalized spacial score (nSPS) is 14.8. The van der Waals surface area contributed by atoms with Crippen LogP contribution < -0.4 is 4.90 Å². The summed E-state index contributed by atoms with van der Waals surface area (Å²) in [6, 6.07) is 12.7. The zero-order valence-corrected chi connectivity index (χ0v) is 15.2. The summed E-state index contributed by atoms with van der Waals surface area (Å²) in [5.74, 6) is 0.521. The Kier molecular flexibility index (Phi) is 4.24. The molecule has 5 nitrogen and oxygen atoms in total. The van der Waals surface area contributed by atoms with Gasteiger partial charge in [0.25, 0.3) is 5.91 Å². The molecule has 1 N–H and O–H groups in total. The van der Waals surface area contributed by atoms with Gasteiger partial charge in [-0.15, -0.1) is 0 Å². The number of furan rings is 1. The van der Waals surface area contributed by atoms with Gasteiger partial charge in [-0.05, 0) is 37.3 Å². The fourth-order valence-corrected chi connectivity index (χ4v) is 3.60. The maximum atomic E-state index is 12.9. The minimum Gasteiger partial charge on any atom is -0.508 e. The number of hydrogen-bond acceptors (Lipinski definition) is 4. The number of carbonyl (C=O) groups is 1. The molecule has 4 rings (SSSR count). The summed E-state index contributed by atoms with van der Waals surface area (Å²) in [4.78, 5) is 16.9. The number of fused-ring (bicyclic) bond motifs is 1. The van der Waals surface area contributed by atoms with Gasteiger partial charge in [0, 0.05) is 42.8 Å². The molecule has 2 heterocycles. The van der Waals surface area contributed by atoms with Gasteiger partial charge in [0.1, 0.15) is 5.75 Å². The Labute approximate surface area is 156 Å². The first-order valence-electron chi connectivity index (χ1n) is 8.55. The number of benzene rings is 2. The summed E-state index contributed by atoms with van der Waals surface area (Å²) < 4.78 is 5.80. The van der Waals surface area contributed by atoms with Crippen LogP contribution in [0.3, 0.4) is 0 Å². The highest BCUT2D eigenvalue weighted by Gasteiger charge is 2.27. The first-order valence-corrected chi connectivity index (χ1v) is 8.93. The van der Waals surface area contributed by atoms with Crippen LogP contribution in [0.2, 0.25) is 5.02 Å². The van der Waals surface area contributed by atoms with E-state index in [9.17, 15) is 9.90 Å². The van der Waals surface area contributed by atoms with E-state index in [0.29, 0.717) is 29.5 Å². The third-order valence-electron chi connectivity index (χ3n) is 4.89. The number of halogens is 1. The lowest BCUT2D eigenvalue weighted by atomic mass is 10.1. The zero-order valence-electron chi connectivity index (χ0n) is 14.4. The number of carbonyl (C=O) groups excluding carboxylic acids is 1. The topological polar surface area (TPSA) is 56.9 Å². The molecular weight excluding hydrogens is 352 g/mol. The summed E-state index contributed by atoms with van der Waals surface area (Å²) in [5, 5.41) is 10.8. The Bertz CT molecular complexity index is 957. The lowest BCUT2D eigenvalue weighted by molar-refractivity contribution is 0.0716. The number of phenolic OH excluding ortho intramolecular Hbond substituents is 1. The highest BCUT2D eigenvalue weighted by Crippen LogP contribution is 2.31. The molecule has 1 aliphatic rings. The third kappa shape index (κ3) is 2.88. The number of piperazine rings is 1. The molecule has 1 amide bonds. The van der Waals surface area contributed by atoms with Crippen molar-refractivity contribution < 1.29 is 14.3 Å². The minimum absolute atomic E-state index is 0.0971. The van der Waals surface area contributed by atoms with E-state index in [2.05, 4.69) is 4.90 Å². The molecule has 134 valence electrons. The van der Waals surface area contributed by atoms with Gasteiger partial charge in [-0.1, -0.05) is 23.7 Å². The van der Waals surface area contributed by atoms with Crippen molar-refractivity contribution in [1.82, 2.24) is 4.90 Å². The highest BCUT2D eigenvalue weighted by atomic mass is 35.5. The molecule has 0 unspecified atom stereocenters.